The smallest absolute Gasteiger partial charge is 0.264 e. The minimum absolute atomic E-state index is 0.0179. The van der Waals surface area contributed by atoms with Crippen molar-refractivity contribution < 1.29 is 17.9 Å². The lowest BCUT2D eigenvalue weighted by atomic mass is 10.2. The lowest BCUT2D eigenvalue weighted by Gasteiger charge is -2.20. The Morgan fingerprint density at radius 3 is 2.43 bits per heavy atom. The van der Waals surface area contributed by atoms with Crippen molar-refractivity contribution in [3.63, 3.8) is 0 Å². The van der Waals surface area contributed by atoms with Crippen LogP contribution in [0.15, 0.2) is 76.8 Å². The molecule has 0 aliphatic rings. The SMILES string of the molecule is COc1ccc(N(C)S(=O)(=O)c2cccc(C(=O)Nc3ccc(SC)nc3)c2)cc1. The van der Waals surface area contributed by atoms with Crippen LogP contribution in [0.25, 0.3) is 0 Å². The third-order valence-corrected chi connectivity index (χ3v) is 6.84. The highest BCUT2D eigenvalue weighted by Crippen LogP contribution is 2.25. The third-order valence-electron chi connectivity index (χ3n) is 4.39. The molecular weight excluding hydrogens is 422 g/mol. The second-order valence-electron chi connectivity index (χ2n) is 6.24. The molecule has 156 valence electrons. The van der Waals surface area contributed by atoms with Gasteiger partial charge in [0, 0.05) is 12.6 Å². The van der Waals surface area contributed by atoms with Gasteiger partial charge >= 0.3 is 0 Å². The number of amides is 1. The number of pyridine rings is 1. The number of hydrogen-bond donors (Lipinski definition) is 1. The van der Waals surface area contributed by atoms with E-state index >= 15 is 0 Å². The van der Waals surface area contributed by atoms with Crippen LogP contribution >= 0.6 is 11.8 Å². The van der Waals surface area contributed by atoms with Crippen molar-refractivity contribution in [1.82, 2.24) is 4.98 Å². The summed E-state index contributed by atoms with van der Waals surface area (Å²) >= 11 is 1.50. The number of ether oxygens (including phenoxy) is 1. The third kappa shape index (κ3) is 4.74. The van der Waals surface area contributed by atoms with Gasteiger partial charge in [-0.25, -0.2) is 13.4 Å². The van der Waals surface area contributed by atoms with Crippen molar-refractivity contribution in [2.75, 3.05) is 30.0 Å². The molecule has 1 aromatic heterocycles. The van der Waals surface area contributed by atoms with Gasteiger partial charge in [-0.05, 0) is 60.9 Å². The number of thioether (sulfide) groups is 1. The van der Waals surface area contributed by atoms with Gasteiger partial charge in [0.1, 0.15) is 5.75 Å². The van der Waals surface area contributed by atoms with E-state index in [0.29, 0.717) is 17.1 Å². The largest absolute Gasteiger partial charge is 0.497 e. The second kappa shape index (κ2) is 9.19. The molecule has 0 unspecified atom stereocenters. The summed E-state index contributed by atoms with van der Waals surface area (Å²) in [6, 6.07) is 16.1. The Hall–Kier alpha value is -3.04. The summed E-state index contributed by atoms with van der Waals surface area (Å²) in [5.41, 5.74) is 1.24. The molecule has 7 nitrogen and oxygen atoms in total. The molecule has 1 N–H and O–H groups in total. The highest BCUT2D eigenvalue weighted by atomic mass is 32.2. The first kappa shape index (κ1) is 21.7. The van der Waals surface area contributed by atoms with Crippen LogP contribution in [-0.4, -0.2) is 39.7 Å². The zero-order chi connectivity index (χ0) is 21.7. The molecule has 0 radical (unpaired) electrons. The number of rotatable bonds is 7. The molecule has 0 spiro atoms. The number of anilines is 2. The maximum absolute atomic E-state index is 13.0. The standard InChI is InChI=1S/C21H21N3O4S2/c1-24(17-8-10-18(28-2)11-9-17)30(26,27)19-6-4-5-15(13-19)21(25)23-16-7-12-20(29-3)22-14-16/h4-14H,1-3H3,(H,23,25). The van der Waals surface area contributed by atoms with Gasteiger partial charge in [-0.2, -0.15) is 0 Å². The van der Waals surface area contributed by atoms with Gasteiger partial charge in [-0.3, -0.25) is 9.10 Å². The topological polar surface area (TPSA) is 88.6 Å². The summed E-state index contributed by atoms with van der Waals surface area (Å²) in [5.74, 6) is 0.209. The molecular formula is C21H21N3O4S2. The molecule has 9 heteroatoms. The highest BCUT2D eigenvalue weighted by Gasteiger charge is 2.22. The molecule has 1 heterocycles. The zero-order valence-corrected chi connectivity index (χ0v) is 18.3. The number of carbonyl (C=O) groups excluding carboxylic acids is 1. The molecule has 0 fully saturated rings. The number of benzene rings is 2. The monoisotopic (exact) mass is 443 g/mol. The van der Waals surface area contributed by atoms with E-state index in [2.05, 4.69) is 10.3 Å². The minimum Gasteiger partial charge on any atom is -0.497 e. The van der Waals surface area contributed by atoms with Gasteiger partial charge in [0.25, 0.3) is 15.9 Å². The first-order valence-electron chi connectivity index (χ1n) is 8.89. The Bertz CT molecular complexity index is 1130. The molecule has 0 atom stereocenters. The highest BCUT2D eigenvalue weighted by molar-refractivity contribution is 7.98. The minimum atomic E-state index is -3.85. The predicted molar refractivity (Wildman–Crippen MR) is 119 cm³/mol. The number of carbonyl (C=O) groups is 1. The van der Waals surface area contributed by atoms with Gasteiger partial charge in [-0.1, -0.05) is 6.07 Å². The maximum Gasteiger partial charge on any atom is 0.264 e. The van der Waals surface area contributed by atoms with E-state index in [1.165, 1.54) is 30.9 Å². The first-order chi connectivity index (χ1) is 14.3. The van der Waals surface area contributed by atoms with Gasteiger partial charge in [0.15, 0.2) is 0 Å². The van der Waals surface area contributed by atoms with Crippen LogP contribution in [-0.2, 0) is 10.0 Å². The summed E-state index contributed by atoms with van der Waals surface area (Å²) in [4.78, 5) is 16.8. The maximum atomic E-state index is 13.0. The fourth-order valence-corrected chi connectivity index (χ4v) is 4.27. The molecule has 1 amide bonds. The van der Waals surface area contributed by atoms with Crippen LogP contribution in [0, 0.1) is 0 Å². The van der Waals surface area contributed by atoms with Crippen molar-refractivity contribution >= 4 is 39.1 Å². The van der Waals surface area contributed by atoms with Gasteiger partial charge in [0.2, 0.25) is 0 Å². The Kier molecular flexibility index (Phi) is 6.63. The normalized spacial score (nSPS) is 11.0. The van der Waals surface area contributed by atoms with Gasteiger partial charge in [-0.15, -0.1) is 11.8 Å². The summed E-state index contributed by atoms with van der Waals surface area (Å²) in [7, 11) is -0.850. The lowest BCUT2D eigenvalue weighted by Crippen LogP contribution is -2.26. The van der Waals surface area contributed by atoms with Crippen LogP contribution in [0.2, 0.25) is 0 Å². The quantitative estimate of drug-likeness (QED) is 0.558. The van der Waals surface area contributed by atoms with E-state index in [4.69, 9.17) is 4.74 Å². The Morgan fingerprint density at radius 2 is 1.83 bits per heavy atom. The molecule has 0 aliphatic heterocycles. The van der Waals surface area contributed by atoms with E-state index in [1.807, 2.05) is 6.26 Å². The van der Waals surface area contributed by atoms with Crippen molar-refractivity contribution in [2.24, 2.45) is 0 Å². The first-order valence-corrected chi connectivity index (χ1v) is 11.6. The average Bonchev–Trinajstić information content (AvgIpc) is 2.79. The number of sulfonamides is 1. The van der Waals surface area contributed by atoms with E-state index in [1.54, 1.807) is 61.8 Å². The van der Waals surface area contributed by atoms with E-state index in [0.717, 1.165) is 9.33 Å². The van der Waals surface area contributed by atoms with Crippen molar-refractivity contribution in [2.45, 2.75) is 9.92 Å². The summed E-state index contributed by atoms with van der Waals surface area (Å²) in [6.07, 6.45) is 3.47. The fourth-order valence-electron chi connectivity index (χ4n) is 2.67. The Morgan fingerprint density at radius 1 is 1.10 bits per heavy atom. The van der Waals surface area contributed by atoms with Crippen molar-refractivity contribution in [1.29, 1.82) is 0 Å². The summed E-state index contributed by atoms with van der Waals surface area (Å²) < 4.78 is 32.3. The molecule has 0 bridgehead atoms. The van der Waals surface area contributed by atoms with Crippen molar-refractivity contribution in [3.8, 4) is 5.75 Å². The number of methoxy groups -OCH3 is 1. The van der Waals surface area contributed by atoms with Crippen LogP contribution in [0.4, 0.5) is 11.4 Å². The van der Waals surface area contributed by atoms with E-state index in [9.17, 15) is 13.2 Å². The summed E-state index contributed by atoms with van der Waals surface area (Å²) in [5, 5.41) is 3.56. The molecule has 0 saturated carbocycles. The average molecular weight is 444 g/mol. The predicted octanol–water partition coefficient (Wildman–Crippen LogP) is 3.89. The Balaban J connectivity index is 1.82. The number of hydrogen-bond acceptors (Lipinski definition) is 6. The van der Waals surface area contributed by atoms with E-state index in [-0.39, 0.29) is 10.5 Å². The molecule has 2 aromatic carbocycles. The van der Waals surface area contributed by atoms with Gasteiger partial charge in [0.05, 0.1) is 34.6 Å². The zero-order valence-electron chi connectivity index (χ0n) is 16.7. The van der Waals surface area contributed by atoms with Crippen LogP contribution in [0.3, 0.4) is 0 Å². The molecule has 30 heavy (non-hydrogen) atoms. The van der Waals surface area contributed by atoms with Gasteiger partial charge < -0.3 is 10.1 Å². The molecule has 3 rings (SSSR count). The Labute approximate surface area is 180 Å². The van der Waals surface area contributed by atoms with Crippen LogP contribution in [0.1, 0.15) is 10.4 Å². The fraction of sp³-hybridized carbons (Fsp3) is 0.143. The number of nitrogens with zero attached hydrogens (tertiary/aromatic N) is 2. The van der Waals surface area contributed by atoms with Crippen molar-refractivity contribution in [3.05, 3.63) is 72.4 Å². The second-order valence-corrected chi connectivity index (χ2v) is 9.04. The van der Waals surface area contributed by atoms with E-state index < -0.39 is 15.9 Å². The van der Waals surface area contributed by atoms with Crippen LogP contribution in [0.5, 0.6) is 5.75 Å². The lowest BCUT2D eigenvalue weighted by molar-refractivity contribution is 0.102. The molecule has 0 saturated heterocycles. The molecule has 3 aromatic rings. The number of aromatic nitrogens is 1. The van der Waals surface area contributed by atoms with Crippen LogP contribution < -0.4 is 14.4 Å². The summed E-state index contributed by atoms with van der Waals surface area (Å²) in [6.45, 7) is 0. The number of nitrogens with one attached hydrogen (secondary N) is 1. The molecule has 0 aliphatic carbocycles.